The molecule has 0 bridgehead atoms. The van der Waals surface area contributed by atoms with Gasteiger partial charge in [-0.1, -0.05) is 36.2 Å². The first-order chi connectivity index (χ1) is 15.4. The largest absolute Gasteiger partial charge is 0.403 e. The van der Waals surface area contributed by atoms with E-state index in [-0.39, 0.29) is 32.7 Å². The highest BCUT2D eigenvalue weighted by molar-refractivity contribution is 7.91. The summed E-state index contributed by atoms with van der Waals surface area (Å²) >= 11 is 6.49. The molecule has 0 radical (unpaired) electrons. The van der Waals surface area contributed by atoms with E-state index in [4.69, 9.17) is 16.3 Å². The molecule has 0 fully saturated rings. The zero-order valence-corrected chi connectivity index (χ0v) is 20.9. The Balaban J connectivity index is 2.09. The molecule has 33 heavy (non-hydrogen) atoms. The second-order valence-corrected chi connectivity index (χ2v) is 10.5. The summed E-state index contributed by atoms with van der Waals surface area (Å²) in [5.74, 6) is -1.24. The lowest BCUT2D eigenvalue weighted by atomic mass is 9.99. The van der Waals surface area contributed by atoms with Crippen LogP contribution in [0.25, 0.3) is 0 Å². The normalized spacial score (nSPS) is 11.5. The average Bonchev–Trinajstić information content (AvgIpc) is 3.03. The Morgan fingerprint density at radius 2 is 1.70 bits per heavy atom. The zero-order valence-electron chi connectivity index (χ0n) is 19.3. The molecule has 9 heteroatoms. The lowest BCUT2D eigenvalue weighted by molar-refractivity contribution is 0.0718. The van der Waals surface area contributed by atoms with Gasteiger partial charge >= 0.3 is 5.97 Å². The Morgan fingerprint density at radius 3 is 2.27 bits per heavy atom. The van der Waals surface area contributed by atoms with Gasteiger partial charge in [0.1, 0.15) is 5.56 Å². The van der Waals surface area contributed by atoms with E-state index in [2.05, 4.69) is 5.10 Å². The maximum Gasteiger partial charge on any atom is 0.344 e. The van der Waals surface area contributed by atoms with Crippen molar-refractivity contribution < 1.29 is 22.7 Å². The number of ketones is 1. The highest BCUT2D eigenvalue weighted by Crippen LogP contribution is 2.34. The van der Waals surface area contributed by atoms with E-state index in [0.29, 0.717) is 22.4 Å². The molecule has 0 atom stereocenters. The number of aromatic nitrogens is 2. The Kier molecular flexibility index (Phi) is 6.81. The third kappa shape index (κ3) is 4.58. The van der Waals surface area contributed by atoms with Gasteiger partial charge in [-0.05, 0) is 57.0 Å². The molecule has 0 aliphatic rings. The standard InChI is InChI=1S/C24H25ClN2O5S/c1-7-33(30,31)22-14(3)12-18(20(25)15(22)4)21(28)19-16(5)26-27(6)23(19)32-24(29)17-10-8-13(2)9-11-17/h8-12H,7H2,1-6H3. The second kappa shape index (κ2) is 9.11. The number of sulfone groups is 1. The van der Waals surface area contributed by atoms with Crippen LogP contribution in [0.15, 0.2) is 35.2 Å². The molecule has 174 valence electrons. The Bertz CT molecular complexity index is 1370. The van der Waals surface area contributed by atoms with Crippen molar-refractivity contribution in [1.29, 1.82) is 0 Å². The van der Waals surface area contributed by atoms with Gasteiger partial charge in [0, 0.05) is 12.6 Å². The quantitative estimate of drug-likeness (QED) is 0.373. The van der Waals surface area contributed by atoms with Gasteiger partial charge in [0.2, 0.25) is 11.7 Å². The molecule has 7 nitrogen and oxygen atoms in total. The van der Waals surface area contributed by atoms with Crippen molar-refractivity contribution in [3.63, 3.8) is 0 Å². The number of halogens is 1. The van der Waals surface area contributed by atoms with Crippen LogP contribution in [0.2, 0.25) is 5.02 Å². The molecule has 3 aromatic rings. The van der Waals surface area contributed by atoms with Crippen LogP contribution in [0, 0.1) is 27.7 Å². The van der Waals surface area contributed by atoms with Crippen molar-refractivity contribution >= 4 is 33.2 Å². The number of carbonyl (C=O) groups is 2. The summed E-state index contributed by atoms with van der Waals surface area (Å²) in [5.41, 5.74) is 2.61. The van der Waals surface area contributed by atoms with Crippen LogP contribution in [0.4, 0.5) is 0 Å². The number of ether oxygens (including phenoxy) is 1. The van der Waals surface area contributed by atoms with E-state index >= 15 is 0 Å². The number of benzene rings is 2. The molecular formula is C24H25ClN2O5S. The first-order valence-electron chi connectivity index (χ1n) is 10.3. The Labute approximate surface area is 198 Å². The monoisotopic (exact) mass is 488 g/mol. The van der Waals surface area contributed by atoms with Crippen molar-refractivity contribution in [2.24, 2.45) is 7.05 Å². The summed E-state index contributed by atoms with van der Waals surface area (Å²) in [6.07, 6.45) is 0. The third-order valence-corrected chi connectivity index (χ3v) is 7.93. The van der Waals surface area contributed by atoms with Crippen LogP contribution in [-0.2, 0) is 16.9 Å². The molecule has 0 aliphatic heterocycles. The molecular weight excluding hydrogens is 464 g/mol. The molecule has 0 unspecified atom stereocenters. The van der Waals surface area contributed by atoms with Gasteiger partial charge in [-0.15, -0.1) is 0 Å². The molecule has 0 spiro atoms. The maximum absolute atomic E-state index is 13.5. The molecule has 0 amide bonds. The molecule has 1 aromatic heterocycles. The fraction of sp³-hybridized carbons (Fsp3) is 0.292. The molecule has 0 N–H and O–H groups in total. The minimum Gasteiger partial charge on any atom is -0.403 e. The van der Waals surface area contributed by atoms with E-state index in [1.165, 1.54) is 10.7 Å². The molecule has 3 rings (SSSR count). The van der Waals surface area contributed by atoms with Gasteiger partial charge in [0.25, 0.3) is 0 Å². The molecule has 2 aromatic carbocycles. The fourth-order valence-electron chi connectivity index (χ4n) is 3.72. The molecule has 0 aliphatic carbocycles. The second-order valence-electron chi connectivity index (χ2n) is 7.89. The average molecular weight is 489 g/mol. The Hall–Kier alpha value is -2.97. The molecule has 1 heterocycles. The van der Waals surface area contributed by atoms with Crippen molar-refractivity contribution in [1.82, 2.24) is 9.78 Å². The van der Waals surface area contributed by atoms with Crippen LogP contribution in [-0.4, -0.2) is 35.7 Å². The minimum absolute atomic E-state index is 0.0142. The molecule has 0 saturated carbocycles. The molecule has 0 saturated heterocycles. The SMILES string of the molecule is CCS(=O)(=O)c1c(C)cc(C(=O)c2c(C)nn(C)c2OC(=O)c2ccc(C)cc2)c(Cl)c1C. The smallest absolute Gasteiger partial charge is 0.344 e. The number of hydrogen-bond acceptors (Lipinski definition) is 6. The summed E-state index contributed by atoms with van der Waals surface area (Å²) in [5, 5.41) is 4.28. The van der Waals surface area contributed by atoms with E-state index < -0.39 is 21.6 Å². The number of carbonyl (C=O) groups excluding carboxylic acids is 2. The Morgan fingerprint density at radius 1 is 1.09 bits per heavy atom. The summed E-state index contributed by atoms with van der Waals surface area (Å²) < 4.78 is 31.9. The van der Waals surface area contributed by atoms with Crippen LogP contribution >= 0.6 is 11.6 Å². The van der Waals surface area contributed by atoms with Gasteiger partial charge in [0.05, 0.1) is 26.9 Å². The fourth-order valence-corrected chi connectivity index (χ4v) is 5.42. The third-order valence-electron chi connectivity index (χ3n) is 5.43. The topological polar surface area (TPSA) is 95.3 Å². The van der Waals surface area contributed by atoms with Gasteiger partial charge in [-0.3, -0.25) is 4.79 Å². The van der Waals surface area contributed by atoms with Crippen LogP contribution in [0.5, 0.6) is 5.88 Å². The first-order valence-corrected chi connectivity index (χ1v) is 12.3. The number of hydrogen-bond donors (Lipinski definition) is 0. The predicted octanol–water partition coefficient (Wildman–Crippen LogP) is 4.55. The van der Waals surface area contributed by atoms with Gasteiger partial charge < -0.3 is 4.74 Å². The summed E-state index contributed by atoms with van der Waals surface area (Å²) in [6.45, 7) is 8.27. The zero-order chi connectivity index (χ0) is 24.7. The predicted molar refractivity (Wildman–Crippen MR) is 126 cm³/mol. The van der Waals surface area contributed by atoms with E-state index in [1.807, 2.05) is 6.92 Å². The van der Waals surface area contributed by atoms with E-state index in [1.54, 1.807) is 59.0 Å². The van der Waals surface area contributed by atoms with Gasteiger partial charge in [-0.25, -0.2) is 17.9 Å². The van der Waals surface area contributed by atoms with Gasteiger partial charge in [0.15, 0.2) is 9.84 Å². The highest BCUT2D eigenvalue weighted by Gasteiger charge is 2.29. The van der Waals surface area contributed by atoms with Crippen LogP contribution < -0.4 is 4.74 Å². The van der Waals surface area contributed by atoms with Crippen molar-refractivity contribution in [2.45, 2.75) is 39.5 Å². The summed E-state index contributed by atoms with van der Waals surface area (Å²) in [7, 11) is -1.97. The van der Waals surface area contributed by atoms with Crippen molar-refractivity contribution in [3.05, 3.63) is 74.4 Å². The van der Waals surface area contributed by atoms with Crippen LogP contribution in [0.3, 0.4) is 0 Å². The maximum atomic E-state index is 13.5. The number of aryl methyl sites for hydroxylation is 4. The summed E-state index contributed by atoms with van der Waals surface area (Å²) in [4.78, 5) is 26.4. The number of esters is 1. The highest BCUT2D eigenvalue weighted by atomic mass is 35.5. The summed E-state index contributed by atoms with van der Waals surface area (Å²) in [6, 6.07) is 8.30. The number of nitrogens with zero attached hydrogens (tertiary/aromatic N) is 2. The van der Waals surface area contributed by atoms with Crippen molar-refractivity contribution in [2.75, 3.05) is 5.75 Å². The number of rotatable bonds is 6. The van der Waals surface area contributed by atoms with Gasteiger partial charge in [-0.2, -0.15) is 5.10 Å². The lowest BCUT2D eigenvalue weighted by Gasteiger charge is -2.15. The van der Waals surface area contributed by atoms with E-state index in [0.717, 1.165) is 5.56 Å². The first kappa shape index (κ1) is 24.7. The lowest BCUT2D eigenvalue weighted by Crippen LogP contribution is -2.15. The van der Waals surface area contributed by atoms with Crippen LogP contribution in [0.1, 0.15) is 55.6 Å². The van der Waals surface area contributed by atoms with Crippen molar-refractivity contribution in [3.8, 4) is 5.88 Å². The minimum atomic E-state index is -3.53. The van der Waals surface area contributed by atoms with E-state index in [9.17, 15) is 18.0 Å².